The summed E-state index contributed by atoms with van der Waals surface area (Å²) in [4.78, 5) is 29.4. The summed E-state index contributed by atoms with van der Waals surface area (Å²) in [7, 11) is -4.19. The summed E-state index contributed by atoms with van der Waals surface area (Å²) in [5.74, 6) is -0.810. The van der Waals surface area contributed by atoms with Crippen molar-refractivity contribution >= 4 is 62.3 Å². The third-order valence-electron chi connectivity index (χ3n) is 7.72. The second-order valence-electron chi connectivity index (χ2n) is 10.8. The zero-order valence-electron chi connectivity index (χ0n) is 24.2. The van der Waals surface area contributed by atoms with Crippen LogP contribution in [-0.2, 0) is 26.2 Å². The van der Waals surface area contributed by atoms with Crippen LogP contribution in [0.3, 0.4) is 0 Å². The molecule has 7 nitrogen and oxygen atoms in total. The van der Waals surface area contributed by atoms with Gasteiger partial charge in [0.25, 0.3) is 10.0 Å². The van der Waals surface area contributed by atoms with Crippen molar-refractivity contribution in [1.29, 1.82) is 0 Å². The van der Waals surface area contributed by atoms with E-state index in [4.69, 9.17) is 34.8 Å². The standard InChI is InChI=1S/C32H36Cl3N3O4S/c1-3-29(32(40)36-25-10-6-4-7-11-25)37(20-23-15-17-27(34)28(35)18-23)31(39)21-38(30-19-24(33)16-14-22(30)2)43(41,42)26-12-8-5-9-13-26/h5,8-9,12-19,25,29H,3-4,6-7,10-11,20-21H2,1-2H3,(H,36,40)/t29-/m0/s1. The van der Waals surface area contributed by atoms with Gasteiger partial charge >= 0.3 is 0 Å². The Morgan fingerprint density at radius 3 is 2.28 bits per heavy atom. The quantitative estimate of drug-likeness (QED) is 0.231. The molecule has 1 atom stereocenters. The number of amides is 2. The summed E-state index contributed by atoms with van der Waals surface area (Å²) < 4.78 is 29.1. The van der Waals surface area contributed by atoms with Crippen molar-refractivity contribution in [3.8, 4) is 0 Å². The summed E-state index contributed by atoms with van der Waals surface area (Å²) >= 11 is 18.7. The lowest BCUT2D eigenvalue weighted by Crippen LogP contribution is -2.54. The minimum Gasteiger partial charge on any atom is -0.352 e. The Balaban J connectivity index is 1.74. The molecule has 1 saturated carbocycles. The number of sulfonamides is 1. The Hall–Kier alpha value is -2.78. The van der Waals surface area contributed by atoms with Gasteiger partial charge in [0.05, 0.1) is 20.6 Å². The minimum atomic E-state index is -4.19. The molecule has 0 heterocycles. The molecule has 1 aliphatic carbocycles. The molecule has 0 bridgehead atoms. The Morgan fingerprint density at radius 2 is 1.63 bits per heavy atom. The van der Waals surface area contributed by atoms with E-state index >= 15 is 0 Å². The van der Waals surface area contributed by atoms with Crippen LogP contribution >= 0.6 is 34.8 Å². The molecule has 3 aromatic carbocycles. The Labute approximate surface area is 269 Å². The first-order valence-electron chi connectivity index (χ1n) is 14.4. The maximum atomic E-state index is 14.3. The zero-order chi connectivity index (χ0) is 31.1. The first kappa shape index (κ1) is 33.1. The predicted molar refractivity (Wildman–Crippen MR) is 173 cm³/mol. The van der Waals surface area contributed by atoms with Crippen LogP contribution in [0.25, 0.3) is 0 Å². The van der Waals surface area contributed by atoms with Crippen molar-refractivity contribution < 1.29 is 18.0 Å². The molecule has 3 aromatic rings. The van der Waals surface area contributed by atoms with Gasteiger partial charge in [-0.3, -0.25) is 13.9 Å². The SMILES string of the molecule is CC[C@@H](C(=O)NC1CCCCC1)N(Cc1ccc(Cl)c(Cl)c1)C(=O)CN(c1cc(Cl)ccc1C)S(=O)(=O)c1ccccc1. The summed E-state index contributed by atoms with van der Waals surface area (Å²) in [6, 6.07) is 17.0. The first-order valence-corrected chi connectivity index (χ1v) is 17.0. The molecule has 0 saturated heterocycles. The van der Waals surface area contributed by atoms with Crippen LogP contribution < -0.4 is 9.62 Å². The number of anilines is 1. The number of rotatable bonds is 11. The fourth-order valence-corrected chi connectivity index (χ4v) is 7.36. The molecular formula is C32H36Cl3N3O4S. The fraction of sp³-hybridized carbons (Fsp3) is 0.375. The summed E-state index contributed by atoms with van der Waals surface area (Å²) in [6.07, 6.45) is 5.32. The number of carbonyl (C=O) groups is 2. The van der Waals surface area contributed by atoms with Gasteiger partial charge in [-0.1, -0.05) is 91.3 Å². The van der Waals surface area contributed by atoms with Crippen molar-refractivity contribution in [2.24, 2.45) is 0 Å². The zero-order valence-corrected chi connectivity index (χ0v) is 27.3. The maximum Gasteiger partial charge on any atom is 0.264 e. The fourth-order valence-electron chi connectivity index (χ4n) is 5.38. The number of benzene rings is 3. The van der Waals surface area contributed by atoms with Gasteiger partial charge in [-0.25, -0.2) is 8.42 Å². The van der Waals surface area contributed by atoms with Gasteiger partial charge in [-0.05, 0) is 73.7 Å². The lowest BCUT2D eigenvalue weighted by Gasteiger charge is -2.34. The molecule has 0 aliphatic heterocycles. The number of nitrogens with one attached hydrogen (secondary N) is 1. The molecule has 0 unspecified atom stereocenters. The predicted octanol–water partition coefficient (Wildman–Crippen LogP) is 7.41. The van der Waals surface area contributed by atoms with Crippen LogP contribution in [-0.4, -0.2) is 43.8 Å². The van der Waals surface area contributed by atoms with Crippen LogP contribution in [0.4, 0.5) is 5.69 Å². The van der Waals surface area contributed by atoms with Crippen molar-refractivity contribution in [2.45, 2.75) is 75.9 Å². The third kappa shape index (κ3) is 8.24. The maximum absolute atomic E-state index is 14.3. The summed E-state index contributed by atoms with van der Waals surface area (Å²) in [6.45, 7) is 3.07. The lowest BCUT2D eigenvalue weighted by atomic mass is 9.95. The van der Waals surface area contributed by atoms with E-state index in [0.29, 0.717) is 32.6 Å². The van der Waals surface area contributed by atoms with E-state index in [1.165, 1.54) is 23.1 Å². The molecule has 230 valence electrons. The van der Waals surface area contributed by atoms with Gasteiger partial charge in [0.15, 0.2) is 0 Å². The average Bonchev–Trinajstić information content (AvgIpc) is 2.99. The highest BCUT2D eigenvalue weighted by Gasteiger charge is 2.35. The minimum absolute atomic E-state index is 0.0278. The summed E-state index contributed by atoms with van der Waals surface area (Å²) in [5, 5.41) is 4.14. The number of aryl methyl sites for hydroxylation is 1. The van der Waals surface area contributed by atoms with E-state index in [-0.39, 0.29) is 29.1 Å². The molecule has 11 heteroatoms. The van der Waals surface area contributed by atoms with Crippen LogP contribution in [0.1, 0.15) is 56.6 Å². The van der Waals surface area contributed by atoms with Gasteiger partial charge in [0.1, 0.15) is 12.6 Å². The van der Waals surface area contributed by atoms with Crippen LogP contribution in [0.5, 0.6) is 0 Å². The number of hydrogen-bond donors (Lipinski definition) is 1. The Morgan fingerprint density at radius 1 is 0.930 bits per heavy atom. The van der Waals surface area contributed by atoms with E-state index in [1.807, 2.05) is 6.92 Å². The molecule has 1 fully saturated rings. The molecular weight excluding hydrogens is 629 g/mol. The van der Waals surface area contributed by atoms with E-state index in [0.717, 1.165) is 36.4 Å². The molecule has 4 rings (SSSR count). The van der Waals surface area contributed by atoms with Gasteiger partial charge in [-0.15, -0.1) is 0 Å². The molecule has 1 aliphatic rings. The molecule has 1 N–H and O–H groups in total. The van der Waals surface area contributed by atoms with Gasteiger partial charge in [0.2, 0.25) is 11.8 Å². The molecule has 2 amide bonds. The lowest BCUT2D eigenvalue weighted by molar-refractivity contribution is -0.140. The average molecular weight is 665 g/mol. The second kappa shape index (κ2) is 14.8. The van der Waals surface area contributed by atoms with Crippen molar-refractivity contribution in [3.63, 3.8) is 0 Å². The van der Waals surface area contributed by atoms with Gasteiger partial charge < -0.3 is 10.2 Å². The topological polar surface area (TPSA) is 86.8 Å². The van der Waals surface area contributed by atoms with E-state index in [2.05, 4.69) is 5.32 Å². The van der Waals surface area contributed by atoms with Crippen LogP contribution in [0.15, 0.2) is 71.6 Å². The highest BCUT2D eigenvalue weighted by molar-refractivity contribution is 7.92. The number of halogens is 3. The second-order valence-corrected chi connectivity index (χ2v) is 13.9. The molecule has 0 spiro atoms. The highest BCUT2D eigenvalue weighted by Crippen LogP contribution is 2.31. The monoisotopic (exact) mass is 663 g/mol. The highest BCUT2D eigenvalue weighted by atomic mass is 35.5. The first-order chi connectivity index (χ1) is 20.5. The van der Waals surface area contributed by atoms with E-state index in [9.17, 15) is 18.0 Å². The van der Waals surface area contributed by atoms with Crippen LogP contribution in [0.2, 0.25) is 15.1 Å². The van der Waals surface area contributed by atoms with E-state index < -0.39 is 28.5 Å². The normalized spacial score (nSPS) is 14.6. The Bertz CT molecular complexity index is 1550. The number of hydrogen-bond acceptors (Lipinski definition) is 4. The Kier molecular flexibility index (Phi) is 11.4. The third-order valence-corrected chi connectivity index (χ3v) is 10.5. The van der Waals surface area contributed by atoms with Gasteiger partial charge in [0, 0.05) is 17.6 Å². The largest absolute Gasteiger partial charge is 0.352 e. The van der Waals surface area contributed by atoms with Crippen LogP contribution in [0, 0.1) is 6.92 Å². The smallest absolute Gasteiger partial charge is 0.264 e. The number of nitrogens with zero attached hydrogens (tertiary/aromatic N) is 2. The molecule has 43 heavy (non-hydrogen) atoms. The van der Waals surface area contributed by atoms with Crippen molar-refractivity contribution in [3.05, 3.63) is 92.9 Å². The van der Waals surface area contributed by atoms with Gasteiger partial charge in [-0.2, -0.15) is 0 Å². The van der Waals surface area contributed by atoms with Crippen molar-refractivity contribution in [2.75, 3.05) is 10.8 Å². The molecule has 0 aromatic heterocycles. The number of carbonyl (C=O) groups excluding carboxylic acids is 2. The van der Waals surface area contributed by atoms with Crippen molar-refractivity contribution in [1.82, 2.24) is 10.2 Å². The van der Waals surface area contributed by atoms with E-state index in [1.54, 1.807) is 55.5 Å². The summed E-state index contributed by atoms with van der Waals surface area (Å²) in [5.41, 5.74) is 1.55. The molecule has 0 radical (unpaired) electrons.